The molecule has 1 nitrogen and oxygen atoms in total. The van der Waals surface area contributed by atoms with Crippen LogP contribution in [0.2, 0.25) is 0 Å². The number of ketones is 1. The number of hydrogen-bond donors (Lipinski definition) is 0. The molecule has 0 bridgehead atoms. The highest BCUT2D eigenvalue weighted by atomic mass is 16.1. The summed E-state index contributed by atoms with van der Waals surface area (Å²) in [4.78, 5) is 12.2. The average Bonchev–Trinajstić information content (AvgIpc) is 2.32. The normalized spacial score (nSPS) is 30.2. The van der Waals surface area contributed by atoms with E-state index in [1.165, 1.54) is 5.22 Å². The molecule has 1 heteroatoms. The Kier molecular flexibility index (Phi) is 2.68. The topological polar surface area (TPSA) is 17.1 Å². The van der Waals surface area contributed by atoms with Gasteiger partial charge in [-0.3, -0.25) is 4.79 Å². The lowest BCUT2D eigenvalue weighted by Crippen LogP contribution is -2.34. The summed E-state index contributed by atoms with van der Waals surface area (Å²) in [5.41, 5.74) is 1.08. The van der Waals surface area contributed by atoms with E-state index in [0.717, 1.165) is 36.5 Å². The average molecular weight is 224 g/mol. The van der Waals surface area contributed by atoms with Crippen molar-refractivity contribution in [2.75, 3.05) is 0 Å². The molecule has 1 aromatic rings. The molecular formula is C16H16O. The predicted molar refractivity (Wildman–Crippen MR) is 69.7 cm³/mol. The fourth-order valence-electron chi connectivity index (χ4n) is 2.92. The minimum Gasteiger partial charge on any atom is -0.295 e. The Labute approximate surface area is 101 Å². The van der Waals surface area contributed by atoms with E-state index in [2.05, 4.69) is 30.4 Å². The lowest BCUT2D eigenvalue weighted by Gasteiger charge is -2.24. The van der Waals surface area contributed by atoms with Gasteiger partial charge in [0.2, 0.25) is 0 Å². The molecule has 2 aliphatic rings. The molecule has 1 unspecified atom stereocenters. The summed E-state index contributed by atoms with van der Waals surface area (Å²) in [7, 11) is 0. The number of hydrogen-bond acceptors (Lipinski definition) is 1. The third-order valence-electron chi connectivity index (χ3n) is 3.75. The van der Waals surface area contributed by atoms with E-state index in [1.54, 1.807) is 0 Å². The van der Waals surface area contributed by atoms with Crippen molar-refractivity contribution in [1.82, 2.24) is 0 Å². The number of carbonyl (C=O) groups excluding carboxylic acids is 1. The smallest absolute Gasteiger partial charge is 0.159 e. The zero-order valence-corrected chi connectivity index (χ0v) is 9.86. The van der Waals surface area contributed by atoms with Crippen LogP contribution in [-0.2, 0) is 4.79 Å². The maximum absolute atomic E-state index is 12.2. The van der Waals surface area contributed by atoms with E-state index in [0.29, 0.717) is 11.7 Å². The van der Waals surface area contributed by atoms with Crippen molar-refractivity contribution in [2.45, 2.75) is 25.7 Å². The molecule has 0 aromatic heterocycles. The lowest BCUT2D eigenvalue weighted by molar-refractivity contribution is -0.115. The van der Waals surface area contributed by atoms with Crippen LogP contribution >= 0.6 is 0 Å². The van der Waals surface area contributed by atoms with E-state index in [9.17, 15) is 4.79 Å². The van der Waals surface area contributed by atoms with Crippen LogP contribution in [0.3, 0.4) is 0 Å². The fourth-order valence-corrected chi connectivity index (χ4v) is 2.92. The lowest BCUT2D eigenvalue weighted by atomic mass is 9.79. The second kappa shape index (κ2) is 4.33. The summed E-state index contributed by atoms with van der Waals surface area (Å²) in [6.07, 6.45) is 10.4. The molecule has 2 aliphatic carbocycles. The summed E-state index contributed by atoms with van der Waals surface area (Å²) in [5, 5.41) is 2.34. The number of rotatable bonds is 0. The number of allylic oxidation sites excluding steroid dienone is 2. The molecule has 0 radical (unpaired) electrons. The van der Waals surface area contributed by atoms with Crippen LogP contribution in [0.25, 0.3) is 11.6 Å². The molecule has 0 heterocycles. The monoisotopic (exact) mass is 224 g/mol. The zero-order chi connectivity index (χ0) is 11.7. The summed E-state index contributed by atoms with van der Waals surface area (Å²) in [6.45, 7) is 0. The van der Waals surface area contributed by atoms with E-state index >= 15 is 0 Å². The molecule has 1 atom stereocenters. The van der Waals surface area contributed by atoms with Gasteiger partial charge >= 0.3 is 0 Å². The van der Waals surface area contributed by atoms with Gasteiger partial charge in [-0.25, -0.2) is 0 Å². The van der Waals surface area contributed by atoms with Crippen LogP contribution in [0.1, 0.15) is 25.7 Å². The van der Waals surface area contributed by atoms with Gasteiger partial charge in [0.25, 0.3) is 0 Å². The van der Waals surface area contributed by atoms with Crippen molar-refractivity contribution in [3.63, 3.8) is 0 Å². The molecule has 0 amide bonds. The first-order valence-electron chi connectivity index (χ1n) is 6.35. The summed E-state index contributed by atoms with van der Waals surface area (Å²) in [5.74, 6) is 0.791. The molecule has 0 aliphatic heterocycles. The van der Waals surface area contributed by atoms with Gasteiger partial charge in [0.05, 0.1) is 0 Å². The highest BCUT2D eigenvalue weighted by Crippen LogP contribution is 2.30. The quantitative estimate of drug-likeness (QED) is 0.658. The van der Waals surface area contributed by atoms with Crippen molar-refractivity contribution < 1.29 is 4.79 Å². The van der Waals surface area contributed by atoms with Crippen molar-refractivity contribution in [3.8, 4) is 0 Å². The molecule has 0 spiro atoms. The fraction of sp³-hybridized carbons (Fsp3) is 0.312. The first-order chi connectivity index (χ1) is 8.36. The molecule has 0 saturated heterocycles. The van der Waals surface area contributed by atoms with Gasteiger partial charge in [0.1, 0.15) is 0 Å². The van der Waals surface area contributed by atoms with Crippen LogP contribution < -0.4 is 10.4 Å². The first kappa shape index (κ1) is 10.5. The minimum atomic E-state index is 0.359. The second-order valence-electron chi connectivity index (χ2n) is 4.84. The van der Waals surface area contributed by atoms with Crippen molar-refractivity contribution >= 4 is 17.4 Å². The van der Waals surface area contributed by atoms with Crippen LogP contribution in [0.15, 0.2) is 36.4 Å². The first-order valence-corrected chi connectivity index (χ1v) is 6.35. The standard InChI is InChI=1S/C16H16O/c17-15-11-5-9-13-8-2-1-6-12-7-3-4-10-14(12)16(13)15/h1-4,6-7,10,13H,5,8-9,11H2/b2-1-,12-6-,16-14+. The minimum absolute atomic E-state index is 0.359. The third-order valence-corrected chi connectivity index (χ3v) is 3.75. The molecule has 1 fully saturated rings. The Bertz CT molecular complexity index is 592. The van der Waals surface area contributed by atoms with Gasteiger partial charge in [-0.15, -0.1) is 0 Å². The maximum atomic E-state index is 12.2. The number of carbonyl (C=O) groups is 1. The summed E-state index contributed by atoms with van der Waals surface area (Å²) in [6, 6.07) is 8.26. The third kappa shape index (κ3) is 1.86. The highest BCUT2D eigenvalue weighted by molar-refractivity contribution is 6.16. The van der Waals surface area contributed by atoms with E-state index in [4.69, 9.17) is 0 Å². The SMILES string of the molecule is O=C1CCCC2C\C=C/C=c3/cccc/c3=C\12. The van der Waals surface area contributed by atoms with Gasteiger partial charge in [-0.05, 0) is 35.6 Å². The Morgan fingerprint density at radius 3 is 3.00 bits per heavy atom. The molecule has 0 N–H and O–H groups in total. The van der Waals surface area contributed by atoms with E-state index in [1.807, 2.05) is 12.1 Å². The summed E-state index contributed by atoms with van der Waals surface area (Å²) >= 11 is 0. The van der Waals surface area contributed by atoms with Gasteiger partial charge in [0.15, 0.2) is 5.78 Å². The van der Waals surface area contributed by atoms with Gasteiger partial charge in [0, 0.05) is 12.0 Å². The van der Waals surface area contributed by atoms with E-state index in [-0.39, 0.29) is 0 Å². The van der Waals surface area contributed by atoms with Gasteiger partial charge in [-0.1, -0.05) is 42.5 Å². The summed E-state index contributed by atoms with van der Waals surface area (Å²) < 4.78 is 0. The molecular weight excluding hydrogens is 208 g/mol. The molecule has 86 valence electrons. The van der Waals surface area contributed by atoms with Crippen LogP contribution in [0.5, 0.6) is 0 Å². The Hall–Kier alpha value is -1.63. The van der Waals surface area contributed by atoms with Crippen LogP contribution in [0.4, 0.5) is 0 Å². The van der Waals surface area contributed by atoms with E-state index < -0.39 is 0 Å². The van der Waals surface area contributed by atoms with Crippen LogP contribution in [0, 0.1) is 5.92 Å². The Balaban J connectivity index is 2.36. The Morgan fingerprint density at radius 2 is 2.06 bits per heavy atom. The highest BCUT2D eigenvalue weighted by Gasteiger charge is 2.25. The largest absolute Gasteiger partial charge is 0.295 e. The number of benzene rings is 1. The number of Topliss-reactive ketones (excluding diaryl/α,β-unsaturated/α-hetero) is 1. The van der Waals surface area contributed by atoms with Crippen LogP contribution in [-0.4, -0.2) is 5.78 Å². The molecule has 1 aromatic carbocycles. The second-order valence-corrected chi connectivity index (χ2v) is 4.84. The molecule has 1 saturated carbocycles. The predicted octanol–water partition coefficient (Wildman–Crippen LogP) is 1.95. The van der Waals surface area contributed by atoms with Crippen molar-refractivity contribution in [3.05, 3.63) is 46.9 Å². The Morgan fingerprint density at radius 1 is 1.18 bits per heavy atom. The number of fused-ring (bicyclic) bond motifs is 2. The molecule has 3 rings (SSSR count). The van der Waals surface area contributed by atoms with Gasteiger partial charge < -0.3 is 0 Å². The maximum Gasteiger partial charge on any atom is 0.159 e. The zero-order valence-electron chi connectivity index (χ0n) is 9.86. The molecule has 17 heavy (non-hydrogen) atoms. The van der Waals surface area contributed by atoms with Crippen molar-refractivity contribution in [2.24, 2.45) is 5.92 Å². The van der Waals surface area contributed by atoms with Crippen molar-refractivity contribution in [1.29, 1.82) is 0 Å². The van der Waals surface area contributed by atoms with Gasteiger partial charge in [-0.2, -0.15) is 0 Å².